The summed E-state index contributed by atoms with van der Waals surface area (Å²) in [5, 5.41) is 0. The van der Waals surface area contributed by atoms with Crippen LogP contribution in [0, 0.1) is 13.8 Å². The van der Waals surface area contributed by atoms with Gasteiger partial charge in [0, 0.05) is 10.0 Å². The molecule has 0 fully saturated rings. The van der Waals surface area contributed by atoms with Gasteiger partial charge in [0.2, 0.25) is 5.78 Å². The van der Waals surface area contributed by atoms with Gasteiger partial charge in [-0.3, -0.25) is 4.79 Å². The normalized spacial score (nSPS) is 12.0. The molecular weight excluding hydrogens is 316 g/mol. The number of benzene rings is 2. The highest BCUT2D eigenvalue weighted by molar-refractivity contribution is 9.10. The average Bonchev–Trinajstić information content (AvgIpc) is 2.37. The summed E-state index contributed by atoms with van der Waals surface area (Å²) in [4.78, 5) is 12.3. The number of aryl methyl sites for hydroxylation is 2. The molecule has 0 aliphatic carbocycles. The van der Waals surface area contributed by atoms with Crippen molar-refractivity contribution in [2.24, 2.45) is 0 Å². The summed E-state index contributed by atoms with van der Waals surface area (Å²) in [6, 6.07) is 13.3. The van der Waals surface area contributed by atoms with E-state index in [0.29, 0.717) is 5.56 Å². The molecule has 2 aromatic rings. The van der Waals surface area contributed by atoms with Crippen molar-refractivity contribution in [1.82, 2.24) is 0 Å². The third kappa shape index (κ3) is 3.70. The van der Waals surface area contributed by atoms with Crippen molar-refractivity contribution < 1.29 is 9.53 Å². The van der Waals surface area contributed by atoms with Crippen LogP contribution in [0.3, 0.4) is 0 Å². The maximum Gasteiger partial charge on any atom is 0.202 e. The first-order valence-electron chi connectivity index (χ1n) is 6.50. The first kappa shape index (κ1) is 14.8. The quantitative estimate of drug-likeness (QED) is 0.757. The van der Waals surface area contributed by atoms with E-state index in [0.717, 1.165) is 21.3 Å². The summed E-state index contributed by atoms with van der Waals surface area (Å²) in [7, 11) is 0. The first-order chi connectivity index (χ1) is 9.45. The van der Waals surface area contributed by atoms with Crippen LogP contribution in [0.15, 0.2) is 46.9 Å². The van der Waals surface area contributed by atoms with E-state index in [9.17, 15) is 4.79 Å². The summed E-state index contributed by atoms with van der Waals surface area (Å²) >= 11 is 3.36. The minimum atomic E-state index is -0.502. The number of hydrogen-bond donors (Lipinski definition) is 0. The van der Waals surface area contributed by atoms with Crippen molar-refractivity contribution in [1.29, 1.82) is 0 Å². The van der Waals surface area contributed by atoms with Gasteiger partial charge in [0.25, 0.3) is 0 Å². The van der Waals surface area contributed by atoms with E-state index in [2.05, 4.69) is 22.0 Å². The molecule has 0 radical (unpaired) electrons. The number of rotatable bonds is 4. The molecule has 0 spiro atoms. The van der Waals surface area contributed by atoms with Gasteiger partial charge >= 0.3 is 0 Å². The zero-order chi connectivity index (χ0) is 14.7. The Balaban J connectivity index is 2.13. The Labute approximate surface area is 127 Å². The summed E-state index contributed by atoms with van der Waals surface area (Å²) in [5.41, 5.74) is 2.91. The first-order valence-corrected chi connectivity index (χ1v) is 7.30. The zero-order valence-electron chi connectivity index (χ0n) is 11.8. The van der Waals surface area contributed by atoms with Crippen molar-refractivity contribution in [2.75, 3.05) is 0 Å². The predicted octanol–water partition coefficient (Wildman–Crippen LogP) is 4.72. The fourth-order valence-electron chi connectivity index (χ4n) is 2.11. The maximum absolute atomic E-state index is 12.3. The topological polar surface area (TPSA) is 26.3 Å². The third-order valence-corrected chi connectivity index (χ3v) is 3.53. The van der Waals surface area contributed by atoms with Crippen molar-refractivity contribution >= 4 is 21.7 Å². The molecule has 0 bridgehead atoms. The van der Waals surface area contributed by atoms with Crippen LogP contribution in [0.4, 0.5) is 0 Å². The number of Topliss-reactive ketones (excluding diaryl/α,β-unsaturated/α-hetero) is 1. The second kappa shape index (κ2) is 6.23. The molecule has 0 aromatic heterocycles. The number of carbonyl (C=O) groups is 1. The van der Waals surface area contributed by atoms with Crippen molar-refractivity contribution in [3.63, 3.8) is 0 Å². The van der Waals surface area contributed by atoms with Gasteiger partial charge in [0.15, 0.2) is 6.10 Å². The van der Waals surface area contributed by atoms with Gasteiger partial charge in [-0.1, -0.05) is 34.1 Å². The predicted molar refractivity (Wildman–Crippen MR) is 84.5 cm³/mol. The van der Waals surface area contributed by atoms with Crippen LogP contribution in [0.1, 0.15) is 28.4 Å². The van der Waals surface area contributed by atoms with Crippen LogP contribution < -0.4 is 4.74 Å². The second-order valence-electron chi connectivity index (χ2n) is 4.95. The molecule has 2 rings (SSSR count). The van der Waals surface area contributed by atoms with Gasteiger partial charge in [0.1, 0.15) is 5.75 Å². The molecule has 20 heavy (non-hydrogen) atoms. The van der Waals surface area contributed by atoms with Gasteiger partial charge in [-0.25, -0.2) is 0 Å². The SMILES string of the molecule is Cc1cc(C)cc(OC(C)C(=O)c2ccc(Br)cc2)c1. The van der Waals surface area contributed by atoms with E-state index in [1.807, 2.05) is 38.1 Å². The molecule has 2 nitrogen and oxygen atoms in total. The average molecular weight is 333 g/mol. The molecule has 0 N–H and O–H groups in total. The van der Waals surface area contributed by atoms with Gasteiger partial charge < -0.3 is 4.74 Å². The summed E-state index contributed by atoms with van der Waals surface area (Å²) < 4.78 is 6.72. The zero-order valence-corrected chi connectivity index (χ0v) is 13.4. The largest absolute Gasteiger partial charge is 0.483 e. The summed E-state index contributed by atoms with van der Waals surface area (Å²) in [6.45, 7) is 5.81. The lowest BCUT2D eigenvalue weighted by molar-refractivity contribution is 0.0818. The van der Waals surface area contributed by atoms with Crippen molar-refractivity contribution in [3.8, 4) is 5.75 Å². The number of halogens is 1. The van der Waals surface area contributed by atoms with E-state index in [-0.39, 0.29) is 5.78 Å². The number of ether oxygens (including phenoxy) is 1. The third-order valence-electron chi connectivity index (χ3n) is 3.01. The Kier molecular flexibility index (Phi) is 4.61. The van der Waals surface area contributed by atoms with Crippen LogP contribution in [0.25, 0.3) is 0 Å². The standard InChI is InChI=1S/C17H17BrO2/c1-11-8-12(2)10-16(9-11)20-13(3)17(19)14-4-6-15(18)7-5-14/h4-10,13H,1-3H3. The number of carbonyl (C=O) groups excluding carboxylic acids is 1. The fourth-order valence-corrected chi connectivity index (χ4v) is 2.37. The molecular formula is C17H17BrO2. The molecule has 0 saturated carbocycles. The monoisotopic (exact) mass is 332 g/mol. The lowest BCUT2D eigenvalue weighted by Gasteiger charge is -2.15. The Morgan fingerprint density at radius 1 is 1.05 bits per heavy atom. The molecule has 0 aliphatic rings. The molecule has 1 atom stereocenters. The number of hydrogen-bond acceptors (Lipinski definition) is 2. The molecule has 104 valence electrons. The molecule has 2 aromatic carbocycles. The molecule has 0 amide bonds. The minimum Gasteiger partial charge on any atom is -0.483 e. The Morgan fingerprint density at radius 3 is 2.15 bits per heavy atom. The fraction of sp³-hybridized carbons (Fsp3) is 0.235. The lowest BCUT2D eigenvalue weighted by Crippen LogP contribution is -2.23. The Morgan fingerprint density at radius 2 is 1.60 bits per heavy atom. The van der Waals surface area contributed by atoms with Crippen LogP contribution in [0.2, 0.25) is 0 Å². The molecule has 3 heteroatoms. The van der Waals surface area contributed by atoms with Crippen LogP contribution in [-0.4, -0.2) is 11.9 Å². The highest BCUT2D eigenvalue weighted by atomic mass is 79.9. The molecule has 0 saturated heterocycles. The Hall–Kier alpha value is -1.61. The van der Waals surface area contributed by atoms with Gasteiger partial charge in [-0.15, -0.1) is 0 Å². The summed E-state index contributed by atoms with van der Waals surface area (Å²) in [6.07, 6.45) is -0.502. The minimum absolute atomic E-state index is 0.0170. The van der Waals surface area contributed by atoms with E-state index >= 15 is 0 Å². The van der Waals surface area contributed by atoms with Gasteiger partial charge in [-0.2, -0.15) is 0 Å². The Bertz CT molecular complexity index is 597. The second-order valence-corrected chi connectivity index (χ2v) is 5.87. The van der Waals surface area contributed by atoms with Crippen molar-refractivity contribution in [2.45, 2.75) is 26.9 Å². The van der Waals surface area contributed by atoms with Gasteiger partial charge in [0.05, 0.1) is 0 Å². The number of ketones is 1. The molecule has 0 heterocycles. The van der Waals surface area contributed by atoms with E-state index < -0.39 is 6.10 Å². The van der Waals surface area contributed by atoms with Crippen LogP contribution in [0.5, 0.6) is 5.75 Å². The van der Waals surface area contributed by atoms with E-state index in [1.54, 1.807) is 19.1 Å². The molecule has 0 aliphatic heterocycles. The summed E-state index contributed by atoms with van der Waals surface area (Å²) in [5.74, 6) is 0.720. The van der Waals surface area contributed by atoms with Gasteiger partial charge in [-0.05, 0) is 56.2 Å². The van der Waals surface area contributed by atoms with E-state index in [4.69, 9.17) is 4.74 Å². The lowest BCUT2D eigenvalue weighted by atomic mass is 10.1. The highest BCUT2D eigenvalue weighted by Gasteiger charge is 2.17. The van der Waals surface area contributed by atoms with E-state index in [1.165, 1.54) is 0 Å². The highest BCUT2D eigenvalue weighted by Crippen LogP contribution is 2.19. The van der Waals surface area contributed by atoms with Crippen molar-refractivity contribution in [3.05, 3.63) is 63.6 Å². The van der Waals surface area contributed by atoms with Crippen LogP contribution in [-0.2, 0) is 0 Å². The molecule has 1 unspecified atom stereocenters. The maximum atomic E-state index is 12.3. The van der Waals surface area contributed by atoms with Crippen LogP contribution >= 0.6 is 15.9 Å². The smallest absolute Gasteiger partial charge is 0.202 e.